The molecule has 4 N–H and O–H groups in total. The van der Waals surface area contributed by atoms with Crippen LogP contribution >= 0.6 is 0 Å². The molecule has 0 aromatic heterocycles. The van der Waals surface area contributed by atoms with Gasteiger partial charge in [-0.15, -0.1) is 0 Å². The summed E-state index contributed by atoms with van der Waals surface area (Å²) in [6.45, 7) is 4.50. The first kappa shape index (κ1) is 10.9. The highest BCUT2D eigenvalue weighted by atomic mass is 16.0. The molecule has 68 valence electrons. The summed E-state index contributed by atoms with van der Waals surface area (Å²) in [6.07, 6.45) is 5.39. The smallest absolute Gasteiger partial charge is 0.00695 e. The molecular formula is C9H21NO. The van der Waals surface area contributed by atoms with Crippen molar-refractivity contribution in [3.05, 3.63) is 0 Å². The lowest BCUT2D eigenvalue weighted by Gasteiger charge is -2.32. The molecule has 1 rings (SSSR count). The number of nitrogens with two attached hydrogens (primary N) is 1. The average Bonchev–Trinajstić information content (AvgIpc) is 1.55. The lowest BCUT2D eigenvalue weighted by Crippen LogP contribution is -2.35. The van der Waals surface area contributed by atoms with Gasteiger partial charge >= 0.3 is 0 Å². The maximum absolute atomic E-state index is 5.98. The summed E-state index contributed by atoms with van der Waals surface area (Å²) in [4.78, 5) is 0. The van der Waals surface area contributed by atoms with Gasteiger partial charge in [0.25, 0.3) is 0 Å². The number of hydrogen-bond acceptors (Lipinski definition) is 1. The molecule has 0 radical (unpaired) electrons. The molecule has 1 atom stereocenters. The highest BCUT2D eigenvalue weighted by molar-refractivity contribution is 4.80. The van der Waals surface area contributed by atoms with Crippen LogP contribution in [0.15, 0.2) is 0 Å². The van der Waals surface area contributed by atoms with Gasteiger partial charge < -0.3 is 11.2 Å². The molecule has 0 bridgehead atoms. The van der Waals surface area contributed by atoms with Crippen molar-refractivity contribution in [2.45, 2.75) is 45.6 Å². The van der Waals surface area contributed by atoms with Crippen molar-refractivity contribution < 1.29 is 5.48 Å². The van der Waals surface area contributed by atoms with Crippen molar-refractivity contribution in [1.29, 1.82) is 0 Å². The van der Waals surface area contributed by atoms with E-state index in [1.54, 1.807) is 0 Å². The third-order valence-electron chi connectivity index (χ3n) is 2.50. The second kappa shape index (κ2) is 4.73. The standard InChI is InChI=1S/C9H19N.H2O/c1-7(2)6-9(10)8-4-3-5-8;/h7-9H,3-6,10H2,1-2H3;1H2. The van der Waals surface area contributed by atoms with Crippen LogP contribution in [0.2, 0.25) is 0 Å². The van der Waals surface area contributed by atoms with E-state index in [1.165, 1.54) is 25.7 Å². The molecule has 2 nitrogen and oxygen atoms in total. The van der Waals surface area contributed by atoms with Gasteiger partial charge in [0.15, 0.2) is 0 Å². The maximum atomic E-state index is 5.98. The minimum absolute atomic E-state index is 0. The van der Waals surface area contributed by atoms with Crippen molar-refractivity contribution in [1.82, 2.24) is 0 Å². The Morgan fingerprint density at radius 1 is 1.36 bits per heavy atom. The molecule has 1 unspecified atom stereocenters. The van der Waals surface area contributed by atoms with Gasteiger partial charge in [-0.2, -0.15) is 0 Å². The van der Waals surface area contributed by atoms with Gasteiger partial charge in [0.1, 0.15) is 0 Å². The molecule has 0 aliphatic heterocycles. The maximum Gasteiger partial charge on any atom is 0.00695 e. The molecule has 11 heavy (non-hydrogen) atoms. The lowest BCUT2D eigenvalue weighted by molar-refractivity contribution is 0.239. The van der Waals surface area contributed by atoms with E-state index in [1.807, 2.05) is 0 Å². The van der Waals surface area contributed by atoms with Crippen molar-refractivity contribution in [3.63, 3.8) is 0 Å². The van der Waals surface area contributed by atoms with Crippen LogP contribution in [0, 0.1) is 11.8 Å². The van der Waals surface area contributed by atoms with Gasteiger partial charge in [0, 0.05) is 6.04 Å². The Morgan fingerprint density at radius 2 is 1.91 bits per heavy atom. The fourth-order valence-corrected chi connectivity index (χ4v) is 1.60. The third kappa shape index (κ3) is 3.21. The first-order chi connectivity index (χ1) is 4.70. The minimum Gasteiger partial charge on any atom is -0.412 e. The van der Waals surface area contributed by atoms with Gasteiger partial charge in [-0.3, -0.25) is 0 Å². The zero-order chi connectivity index (χ0) is 7.56. The van der Waals surface area contributed by atoms with Crippen LogP contribution in [0.5, 0.6) is 0 Å². The summed E-state index contributed by atoms with van der Waals surface area (Å²) in [6, 6.07) is 0.494. The van der Waals surface area contributed by atoms with Crippen LogP contribution in [0.1, 0.15) is 39.5 Å². The van der Waals surface area contributed by atoms with E-state index in [2.05, 4.69) is 13.8 Å². The molecule has 0 amide bonds. The van der Waals surface area contributed by atoms with E-state index in [0.29, 0.717) is 6.04 Å². The second-order valence-electron chi connectivity index (χ2n) is 3.98. The summed E-state index contributed by atoms with van der Waals surface area (Å²) >= 11 is 0. The third-order valence-corrected chi connectivity index (χ3v) is 2.50. The Bertz CT molecular complexity index is 99.7. The minimum atomic E-state index is 0. The summed E-state index contributed by atoms with van der Waals surface area (Å²) in [5.74, 6) is 1.64. The molecule has 0 saturated heterocycles. The van der Waals surface area contributed by atoms with E-state index in [4.69, 9.17) is 5.73 Å². The molecule has 1 aliphatic rings. The monoisotopic (exact) mass is 159 g/mol. The molecule has 0 heterocycles. The van der Waals surface area contributed by atoms with Gasteiger partial charge in [-0.05, 0) is 31.1 Å². The largest absolute Gasteiger partial charge is 0.412 e. The molecule has 0 aromatic rings. The van der Waals surface area contributed by atoms with Gasteiger partial charge in [-0.1, -0.05) is 20.3 Å². The van der Waals surface area contributed by atoms with Gasteiger partial charge in [-0.25, -0.2) is 0 Å². The summed E-state index contributed by atoms with van der Waals surface area (Å²) < 4.78 is 0. The quantitative estimate of drug-likeness (QED) is 0.663. The zero-order valence-electron chi connectivity index (χ0n) is 7.64. The highest BCUT2D eigenvalue weighted by Crippen LogP contribution is 2.30. The average molecular weight is 159 g/mol. The second-order valence-corrected chi connectivity index (χ2v) is 3.98. The fourth-order valence-electron chi connectivity index (χ4n) is 1.60. The fraction of sp³-hybridized carbons (Fsp3) is 1.00. The van der Waals surface area contributed by atoms with Crippen LogP contribution in [-0.4, -0.2) is 11.5 Å². The normalized spacial score (nSPS) is 20.7. The topological polar surface area (TPSA) is 57.5 Å². The van der Waals surface area contributed by atoms with Crippen molar-refractivity contribution >= 4 is 0 Å². The van der Waals surface area contributed by atoms with Crippen LogP contribution in [0.4, 0.5) is 0 Å². The Kier molecular flexibility index (Phi) is 4.69. The van der Waals surface area contributed by atoms with Crippen molar-refractivity contribution in [2.75, 3.05) is 0 Å². The molecule has 0 spiro atoms. The molecular weight excluding hydrogens is 138 g/mol. The Morgan fingerprint density at radius 3 is 2.18 bits per heavy atom. The molecule has 1 fully saturated rings. The molecule has 2 heteroatoms. The van der Waals surface area contributed by atoms with E-state index < -0.39 is 0 Å². The molecule has 0 aromatic carbocycles. The zero-order valence-corrected chi connectivity index (χ0v) is 7.64. The predicted octanol–water partition coefficient (Wildman–Crippen LogP) is 1.34. The molecule has 1 saturated carbocycles. The Labute approximate surface area is 69.5 Å². The Hall–Kier alpha value is -0.0800. The lowest BCUT2D eigenvalue weighted by atomic mass is 9.77. The summed E-state index contributed by atoms with van der Waals surface area (Å²) in [5.41, 5.74) is 5.98. The van der Waals surface area contributed by atoms with E-state index in [-0.39, 0.29) is 5.48 Å². The van der Waals surface area contributed by atoms with E-state index in [9.17, 15) is 0 Å². The van der Waals surface area contributed by atoms with E-state index >= 15 is 0 Å². The first-order valence-corrected chi connectivity index (χ1v) is 4.45. The van der Waals surface area contributed by atoms with Crippen LogP contribution in [0.3, 0.4) is 0 Å². The SMILES string of the molecule is CC(C)CC(N)C1CCC1.O. The van der Waals surface area contributed by atoms with Crippen molar-refractivity contribution in [2.24, 2.45) is 17.6 Å². The van der Waals surface area contributed by atoms with Gasteiger partial charge in [0.05, 0.1) is 0 Å². The van der Waals surface area contributed by atoms with Crippen LogP contribution in [0.25, 0.3) is 0 Å². The Balaban J connectivity index is 0.000001000. The van der Waals surface area contributed by atoms with Crippen LogP contribution in [-0.2, 0) is 0 Å². The first-order valence-electron chi connectivity index (χ1n) is 4.45. The summed E-state index contributed by atoms with van der Waals surface area (Å²) in [7, 11) is 0. The van der Waals surface area contributed by atoms with Crippen molar-refractivity contribution in [3.8, 4) is 0 Å². The highest BCUT2D eigenvalue weighted by Gasteiger charge is 2.24. The van der Waals surface area contributed by atoms with Crippen LogP contribution < -0.4 is 5.73 Å². The number of hydrogen-bond donors (Lipinski definition) is 1. The summed E-state index contributed by atoms with van der Waals surface area (Å²) in [5, 5.41) is 0. The molecule has 1 aliphatic carbocycles. The number of rotatable bonds is 3. The van der Waals surface area contributed by atoms with Gasteiger partial charge in [0.2, 0.25) is 0 Å². The van der Waals surface area contributed by atoms with E-state index in [0.717, 1.165) is 11.8 Å². The predicted molar refractivity (Wildman–Crippen MR) is 48.4 cm³/mol.